The lowest BCUT2D eigenvalue weighted by Crippen LogP contribution is -2.20. The lowest BCUT2D eigenvalue weighted by molar-refractivity contribution is -0.124. The number of para-hydroxylation sites is 1. The van der Waals surface area contributed by atoms with E-state index in [1.807, 2.05) is 38.1 Å². The fourth-order valence-corrected chi connectivity index (χ4v) is 2.50. The van der Waals surface area contributed by atoms with Crippen LogP contribution >= 0.6 is 0 Å². The average Bonchev–Trinajstić information content (AvgIpc) is 2.73. The van der Waals surface area contributed by atoms with Gasteiger partial charge in [0.2, 0.25) is 11.8 Å². The summed E-state index contributed by atoms with van der Waals surface area (Å²) in [5.41, 5.74) is 4.82. The molecule has 0 spiro atoms. The first-order valence-electron chi connectivity index (χ1n) is 9.54. The predicted molar refractivity (Wildman–Crippen MR) is 117 cm³/mol. The van der Waals surface area contributed by atoms with E-state index in [4.69, 9.17) is 15.9 Å². The lowest BCUT2D eigenvalue weighted by Gasteiger charge is -2.10. The van der Waals surface area contributed by atoms with Crippen molar-refractivity contribution in [2.75, 3.05) is 18.5 Å². The number of amides is 2. The molecule has 0 atom stereocenters. The number of aryl methyl sites for hydroxylation is 1. The topological polar surface area (TPSA) is 89.0 Å². The van der Waals surface area contributed by atoms with Crippen LogP contribution in [0.15, 0.2) is 47.6 Å². The third kappa shape index (κ3) is 7.32. The summed E-state index contributed by atoms with van der Waals surface area (Å²) < 4.78 is 11.0. The van der Waals surface area contributed by atoms with Crippen LogP contribution in [0, 0.1) is 19.3 Å². The number of nitrogens with zero attached hydrogens (tertiary/aromatic N) is 1. The molecular weight excluding hydrogens is 382 g/mol. The first-order chi connectivity index (χ1) is 14.5. The highest BCUT2D eigenvalue weighted by Crippen LogP contribution is 2.28. The van der Waals surface area contributed by atoms with Gasteiger partial charge < -0.3 is 14.8 Å². The van der Waals surface area contributed by atoms with Crippen molar-refractivity contribution in [3.05, 3.63) is 53.6 Å². The zero-order valence-electron chi connectivity index (χ0n) is 17.1. The number of carbonyl (C=O) groups is 2. The van der Waals surface area contributed by atoms with Gasteiger partial charge in [-0.3, -0.25) is 9.59 Å². The molecule has 0 unspecified atom stereocenters. The Balaban J connectivity index is 1.83. The number of ether oxygens (including phenoxy) is 2. The molecular formula is C23H25N3O4. The maximum absolute atomic E-state index is 12.0. The van der Waals surface area contributed by atoms with Crippen molar-refractivity contribution in [3.8, 4) is 23.8 Å². The normalized spacial score (nSPS) is 10.3. The number of hydrazone groups is 1. The predicted octanol–water partition coefficient (Wildman–Crippen LogP) is 3.27. The van der Waals surface area contributed by atoms with E-state index in [1.165, 1.54) is 6.21 Å². The molecule has 30 heavy (non-hydrogen) atoms. The third-order valence-corrected chi connectivity index (χ3v) is 3.98. The Bertz CT molecular complexity index is 948. The third-order valence-electron chi connectivity index (χ3n) is 3.98. The van der Waals surface area contributed by atoms with Crippen LogP contribution in [0.1, 0.15) is 30.9 Å². The highest BCUT2D eigenvalue weighted by molar-refractivity contribution is 5.94. The Morgan fingerprint density at radius 2 is 1.87 bits per heavy atom. The second-order valence-electron chi connectivity index (χ2n) is 6.29. The second kappa shape index (κ2) is 11.9. The van der Waals surface area contributed by atoms with Crippen LogP contribution in [0.25, 0.3) is 0 Å². The van der Waals surface area contributed by atoms with Crippen molar-refractivity contribution < 1.29 is 19.1 Å². The summed E-state index contributed by atoms with van der Waals surface area (Å²) >= 11 is 0. The lowest BCUT2D eigenvalue weighted by atomic mass is 10.2. The Hall–Kier alpha value is -3.79. The minimum Gasteiger partial charge on any atom is -0.490 e. The van der Waals surface area contributed by atoms with Gasteiger partial charge in [0.15, 0.2) is 11.5 Å². The number of hydrogen-bond acceptors (Lipinski definition) is 5. The summed E-state index contributed by atoms with van der Waals surface area (Å²) in [6.45, 7) is 4.37. The maximum Gasteiger partial charge on any atom is 0.240 e. The molecule has 0 aliphatic rings. The SMILES string of the molecule is C#CCOc1ccc(C=NNC(=O)CCC(=O)Nc2ccccc2C)cc1OCC. The van der Waals surface area contributed by atoms with Crippen molar-refractivity contribution >= 4 is 23.7 Å². The minimum atomic E-state index is -0.356. The Labute approximate surface area is 176 Å². The standard InChI is InChI=1S/C23H25N3O4/c1-4-14-30-20-11-10-18(15-21(20)29-5-2)16-24-26-23(28)13-12-22(27)25-19-9-7-6-8-17(19)3/h1,6-11,15-16H,5,12-14H2,2-3H3,(H,25,27)(H,26,28). The summed E-state index contributed by atoms with van der Waals surface area (Å²) in [6.07, 6.45) is 6.78. The Morgan fingerprint density at radius 1 is 1.10 bits per heavy atom. The molecule has 0 heterocycles. The van der Waals surface area contributed by atoms with Crippen molar-refractivity contribution in [1.82, 2.24) is 5.43 Å². The van der Waals surface area contributed by atoms with Crippen LogP contribution < -0.4 is 20.2 Å². The van der Waals surface area contributed by atoms with Crippen LogP contribution in [-0.4, -0.2) is 31.2 Å². The molecule has 0 saturated carbocycles. The van der Waals surface area contributed by atoms with Gasteiger partial charge in [0.05, 0.1) is 12.8 Å². The molecule has 0 radical (unpaired) electrons. The van der Waals surface area contributed by atoms with Gasteiger partial charge in [-0.05, 0) is 49.2 Å². The van der Waals surface area contributed by atoms with Crippen LogP contribution in [0.4, 0.5) is 5.69 Å². The molecule has 7 nitrogen and oxygen atoms in total. The van der Waals surface area contributed by atoms with E-state index in [0.29, 0.717) is 23.7 Å². The Morgan fingerprint density at radius 3 is 2.60 bits per heavy atom. The molecule has 0 aliphatic heterocycles. The van der Waals surface area contributed by atoms with E-state index in [9.17, 15) is 9.59 Å². The van der Waals surface area contributed by atoms with Gasteiger partial charge in [-0.1, -0.05) is 24.1 Å². The summed E-state index contributed by atoms with van der Waals surface area (Å²) in [5.74, 6) is 2.89. The van der Waals surface area contributed by atoms with Crippen LogP contribution in [0.2, 0.25) is 0 Å². The van der Waals surface area contributed by atoms with Crippen molar-refractivity contribution in [3.63, 3.8) is 0 Å². The number of anilines is 1. The van der Waals surface area contributed by atoms with Gasteiger partial charge in [-0.25, -0.2) is 5.43 Å². The largest absolute Gasteiger partial charge is 0.490 e. The van der Waals surface area contributed by atoms with E-state index in [0.717, 1.165) is 11.3 Å². The fraction of sp³-hybridized carbons (Fsp3) is 0.261. The van der Waals surface area contributed by atoms with Crippen molar-refractivity contribution in [2.45, 2.75) is 26.7 Å². The van der Waals surface area contributed by atoms with Crippen LogP contribution in [0.5, 0.6) is 11.5 Å². The first kappa shape index (κ1) is 22.5. The molecule has 2 aromatic rings. The molecule has 156 valence electrons. The smallest absolute Gasteiger partial charge is 0.240 e. The van der Waals surface area contributed by atoms with E-state index in [2.05, 4.69) is 21.8 Å². The van der Waals surface area contributed by atoms with E-state index < -0.39 is 0 Å². The van der Waals surface area contributed by atoms with Gasteiger partial charge in [0.1, 0.15) is 6.61 Å². The zero-order valence-corrected chi connectivity index (χ0v) is 17.1. The second-order valence-corrected chi connectivity index (χ2v) is 6.29. The Kier molecular flexibility index (Phi) is 8.94. The average molecular weight is 407 g/mol. The minimum absolute atomic E-state index is 0.0259. The molecule has 7 heteroatoms. The maximum atomic E-state index is 12.0. The van der Waals surface area contributed by atoms with Gasteiger partial charge in [0, 0.05) is 18.5 Å². The molecule has 2 aromatic carbocycles. The number of benzene rings is 2. The zero-order chi connectivity index (χ0) is 21.8. The first-order valence-corrected chi connectivity index (χ1v) is 9.54. The van der Waals surface area contributed by atoms with Crippen molar-refractivity contribution in [2.24, 2.45) is 5.10 Å². The summed E-state index contributed by atoms with van der Waals surface area (Å²) in [5, 5.41) is 6.72. The van der Waals surface area contributed by atoms with E-state index in [-0.39, 0.29) is 31.3 Å². The van der Waals surface area contributed by atoms with Gasteiger partial charge >= 0.3 is 0 Å². The summed E-state index contributed by atoms with van der Waals surface area (Å²) in [6, 6.07) is 12.7. The molecule has 2 amide bonds. The van der Waals surface area contributed by atoms with Crippen LogP contribution in [-0.2, 0) is 9.59 Å². The molecule has 2 rings (SSSR count). The molecule has 2 N–H and O–H groups in total. The number of hydrogen-bond donors (Lipinski definition) is 2. The molecule has 0 aromatic heterocycles. The van der Waals surface area contributed by atoms with Crippen LogP contribution in [0.3, 0.4) is 0 Å². The quantitative estimate of drug-likeness (QED) is 0.359. The molecule has 0 aliphatic carbocycles. The van der Waals surface area contributed by atoms with E-state index in [1.54, 1.807) is 18.2 Å². The van der Waals surface area contributed by atoms with Gasteiger partial charge in [-0.15, -0.1) is 6.42 Å². The highest BCUT2D eigenvalue weighted by atomic mass is 16.5. The van der Waals surface area contributed by atoms with E-state index >= 15 is 0 Å². The molecule has 0 fully saturated rings. The fourth-order valence-electron chi connectivity index (χ4n) is 2.50. The number of rotatable bonds is 10. The molecule has 0 bridgehead atoms. The number of terminal acetylenes is 1. The monoisotopic (exact) mass is 407 g/mol. The number of nitrogens with one attached hydrogen (secondary N) is 2. The molecule has 0 saturated heterocycles. The highest BCUT2D eigenvalue weighted by Gasteiger charge is 2.08. The number of carbonyl (C=O) groups excluding carboxylic acids is 2. The van der Waals surface area contributed by atoms with Gasteiger partial charge in [0.25, 0.3) is 0 Å². The summed E-state index contributed by atoms with van der Waals surface area (Å²) in [4.78, 5) is 23.9. The van der Waals surface area contributed by atoms with Gasteiger partial charge in [-0.2, -0.15) is 5.10 Å². The summed E-state index contributed by atoms with van der Waals surface area (Å²) in [7, 11) is 0. The van der Waals surface area contributed by atoms with Crippen molar-refractivity contribution in [1.29, 1.82) is 0 Å².